The van der Waals surface area contributed by atoms with Crippen LogP contribution in [0.2, 0.25) is 0 Å². The van der Waals surface area contributed by atoms with Gasteiger partial charge in [-0.05, 0) is 0 Å². The molecule has 13 heavy (non-hydrogen) atoms. The molecule has 1 fully saturated rings. The van der Waals surface area contributed by atoms with Crippen LogP contribution in [0.5, 0.6) is 0 Å². The molecule has 1 heterocycles. The molecule has 1 aliphatic rings. The van der Waals surface area contributed by atoms with Crippen molar-refractivity contribution in [2.75, 3.05) is 0 Å². The van der Waals surface area contributed by atoms with Crippen molar-refractivity contribution in [2.45, 2.75) is 19.1 Å². The highest BCUT2D eigenvalue weighted by atomic mass is 35.5. The molecule has 0 aromatic carbocycles. The molecule has 9 heteroatoms. The van der Waals surface area contributed by atoms with Gasteiger partial charge in [0.1, 0.15) is 0 Å². The van der Waals surface area contributed by atoms with Gasteiger partial charge < -0.3 is 9.47 Å². The molecular weight excluding hydrogens is 328 g/mol. The summed E-state index contributed by atoms with van der Waals surface area (Å²) >= 11 is 38.7. The van der Waals surface area contributed by atoms with E-state index in [-0.39, 0.29) is 0 Å². The number of ether oxygens (including phenoxy) is 2. The van der Waals surface area contributed by atoms with Gasteiger partial charge >= 0.3 is 0 Å². The minimum atomic E-state index is -2.11. The van der Waals surface area contributed by atoms with Gasteiger partial charge in [-0.15, -0.1) is 0 Å². The van der Waals surface area contributed by atoms with E-state index >= 15 is 0 Å². The molecule has 1 aliphatic heterocycles. The lowest BCUT2D eigenvalue weighted by Crippen LogP contribution is -2.56. The van der Waals surface area contributed by atoms with Crippen LogP contribution in [0.25, 0.3) is 0 Å². The summed E-state index contributed by atoms with van der Waals surface area (Å²) in [6.45, 7) is 0. The van der Waals surface area contributed by atoms with Crippen LogP contribution < -0.4 is 0 Å². The Kier molecular flexibility index (Phi) is 3.76. The van der Waals surface area contributed by atoms with Crippen molar-refractivity contribution in [2.24, 2.45) is 0 Å². The third kappa shape index (κ3) is 2.55. The second-order valence-electron chi connectivity index (χ2n) is 2.13. The van der Waals surface area contributed by atoms with Crippen LogP contribution in [0.15, 0.2) is 0 Å². The molecule has 1 saturated heterocycles. The number of rotatable bonds is 0. The molecule has 2 nitrogen and oxygen atoms in total. The monoisotopic (exact) mass is 326 g/mol. The molecule has 0 unspecified atom stereocenters. The normalized spacial score (nSPS) is 35.8. The second-order valence-corrected chi connectivity index (χ2v) is 6.36. The Labute approximate surface area is 109 Å². The molecule has 0 radical (unpaired) electrons. The lowest BCUT2D eigenvalue weighted by Gasteiger charge is -2.44. The highest BCUT2D eigenvalue weighted by Gasteiger charge is 2.62. The van der Waals surface area contributed by atoms with Gasteiger partial charge in [0.25, 0.3) is 13.6 Å². The van der Waals surface area contributed by atoms with E-state index in [0.717, 1.165) is 0 Å². The summed E-state index contributed by atoms with van der Waals surface area (Å²) in [4.78, 5) is 0. The SMILES string of the molecule is Cl[C@@H]1OC(Cl)(Cl)C(Cl)(Cl)OC1(Cl)Cl. The van der Waals surface area contributed by atoms with Gasteiger partial charge in [-0.1, -0.05) is 81.2 Å². The smallest absolute Gasteiger partial charge is 0.279 e. The van der Waals surface area contributed by atoms with E-state index in [1.165, 1.54) is 0 Å². The molecule has 0 bridgehead atoms. The third-order valence-corrected chi connectivity index (χ3v) is 4.07. The van der Waals surface area contributed by atoms with Gasteiger partial charge in [0, 0.05) is 0 Å². The zero-order valence-electron chi connectivity index (χ0n) is 5.54. The fourth-order valence-electron chi connectivity index (χ4n) is 0.544. The maximum Gasteiger partial charge on any atom is 0.279 e. The molecule has 0 spiro atoms. The van der Waals surface area contributed by atoms with E-state index in [4.69, 9.17) is 90.7 Å². The van der Waals surface area contributed by atoms with Crippen molar-refractivity contribution >= 4 is 81.2 Å². The summed E-state index contributed by atoms with van der Waals surface area (Å²) in [5.74, 6) is 0. The zero-order valence-corrected chi connectivity index (χ0v) is 10.8. The molecule has 78 valence electrons. The lowest BCUT2D eigenvalue weighted by molar-refractivity contribution is -0.163. The average molecular weight is 329 g/mol. The quantitative estimate of drug-likeness (QED) is 0.626. The van der Waals surface area contributed by atoms with Crippen molar-refractivity contribution in [3.05, 3.63) is 0 Å². The van der Waals surface area contributed by atoms with Crippen molar-refractivity contribution < 1.29 is 9.47 Å². The summed E-state index contributed by atoms with van der Waals surface area (Å²) in [6.07, 6.45) is 0. The Hall–Kier alpha value is 1.95. The van der Waals surface area contributed by atoms with E-state index in [1.54, 1.807) is 0 Å². The third-order valence-electron chi connectivity index (χ3n) is 1.12. The minimum absolute atomic E-state index is 1.29. The molecular formula is C4HCl7O2. The first-order chi connectivity index (χ1) is 5.58. The fourth-order valence-corrected chi connectivity index (χ4v) is 1.88. The van der Waals surface area contributed by atoms with Gasteiger partial charge in [0.15, 0.2) is 5.56 Å². The first-order valence-electron chi connectivity index (χ1n) is 2.74. The van der Waals surface area contributed by atoms with Gasteiger partial charge in [0.05, 0.1) is 0 Å². The average Bonchev–Trinajstić information content (AvgIpc) is 1.80. The van der Waals surface area contributed by atoms with Gasteiger partial charge in [-0.25, -0.2) is 0 Å². The van der Waals surface area contributed by atoms with Crippen LogP contribution in [0.4, 0.5) is 0 Å². The predicted molar refractivity (Wildman–Crippen MR) is 55.1 cm³/mol. The van der Waals surface area contributed by atoms with Crippen LogP contribution in [-0.4, -0.2) is 19.1 Å². The summed E-state index contributed by atoms with van der Waals surface area (Å²) in [5.41, 5.74) is -1.29. The molecule has 1 atom stereocenters. The van der Waals surface area contributed by atoms with E-state index in [2.05, 4.69) is 0 Å². The van der Waals surface area contributed by atoms with Crippen molar-refractivity contribution in [3.63, 3.8) is 0 Å². The Balaban J connectivity index is 2.93. The van der Waals surface area contributed by atoms with E-state index < -0.39 is 19.1 Å². The largest absolute Gasteiger partial charge is 0.317 e. The van der Waals surface area contributed by atoms with Crippen LogP contribution in [0.1, 0.15) is 0 Å². The maximum atomic E-state index is 5.54. The van der Waals surface area contributed by atoms with Crippen LogP contribution in [0, 0.1) is 0 Å². The first kappa shape index (κ1) is 13.0. The summed E-state index contributed by atoms with van der Waals surface area (Å²) in [5, 5.41) is 0. The Morgan fingerprint density at radius 1 is 0.846 bits per heavy atom. The molecule has 0 N–H and O–H groups in total. The van der Waals surface area contributed by atoms with Crippen LogP contribution >= 0.6 is 81.2 Å². The molecule has 0 aliphatic carbocycles. The summed E-state index contributed by atoms with van der Waals surface area (Å²) < 4.78 is 3.41. The first-order valence-corrected chi connectivity index (χ1v) is 5.44. The Bertz CT molecular complexity index is 215. The van der Waals surface area contributed by atoms with Gasteiger partial charge in [-0.3, -0.25) is 0 Å². The number of alkyl halides is 7. The zero-order chi connectivity index (χ0) is 10.5. The Morgan fingerprint density at radius 2 is 1.31 bits per heavy atom. The van der Waals surface area contributed by atoms with E-state index in [1.807, 2.05) is 0 Å². The van der Waals surface area contributed by atoms with Crippen molar-refractivity contribution in [3.8, 4) is 0 Å². The van der Waals surface area contributed by atoms with Gasteiger partial charge in [-0.2, -0.15) is 0 Å². The van der Waals surface area contributed by atoms with Crippen LogP contribution in [0.3, 0.4) is 0 Å². The highest BCUT2D eigenvalue weighted by Crippen LogP contribution is 2.55. The van der Waals surface area contributed by atoms with Crippen LogP contribution in [-0.2, 0) is 9.47 Å². The van der Waals surface area contributed by atoms with E-state index in [0.29, 0.717) is 0 Å². The number of halogens is 7. The number of hydrogen-bond donors (Lipinski definition) is 0. The minimum Gasteiger partial charge on any atom is -0.317 e. The predicted octanol–water partition coefficient (Wildman–Crippen LogP) is 3.99. The van der Waals surface area contributed by atoms with E-state index in [9.17, 15) is 0 Å². The molecule has 0 aromatic rings. The maximum absolute atomic E-state index is 5.54. The second kappa shape index (κ2) is 3.76. The van der Waals surface area contributed by atoms with Gasteiger partial charge in [0.2, 0.25) is 0 Å². The molecule has 0 amide bonds. The lowest BCUT2D eigenvalue weighted by atomic mass is 10.6. The summed E-state index contributed by atoms with van der Waals surface area (Å²) in [6, 6.07) is 0. The topological polar surface area (TPSA) is 18.5 Å². The van der Waals surface area contributed by atoms with Crippen molar-refractivity contribution in [1.82, 2.24) is 0 Å². The number of hydrogen-bond acceptors (Lipinski definition) is 2. The summed E-state index contributed by atoms with van der Waals surface area (Å²) in [7, 11) is 0. The van der Waals surface area contributed by atoms with Crippen molar-refractivity contribution in [1.29, 1.82) is 0 Å². The fraction of sp³-hybridized carbons (Fsp3) is 1.00. The highest BCUT2D eigenvalue weighted by molar-refractivity contribution is 6.62. The molecule has 0 saturated carbocycles. The standard InChI is InChI=1S/C4HCl7O2/c5-1-2(6,7)13-4(10,11)3(8,9)12-1/h1H/t1-/m1/s1. The Morgan fingerprint density at radius 3 is 1.69 bits per heavy atom. The molecule has 0 aromatic heterocycles. The molecule has 1 rings (SSSR count).